The van der Waals surface area contributed by atoms with Crippen molar-refractivity contribution in [2.45, 2.75) is 6.18 Å². The van der Waals surface area contributed by atoms with Crippen molar-refractivity contribution >= 4 is 28.9 Å². The van der Waals surface area contributed by atoms with Gasteiger partial charge in [-0.1, -0.05) is 29.8 Å². The number of aromatic nitrogens is 4. The summed E-state index contributed by atoms with van der Waals surface area (Å²) in [6.45, 7) is 0. The predicted octanol–water partition coefficient (Wildman–Crippen LogP) is 5.58. The molecule has 0 spiro atoms. The second-order valence-corrected chi connectivity index (χ2v) is 7.69. The van der Waals surface area contributed by atoms with Gasteiger partial charge >= 0.3 is 6.18 Å². The molecule has 0 unspecified atom stereocenters. The van der Waals surface area contributed by atoms with Crippen LogP contribution in [0.1, 0.15) is 5.69 Å². The number of nitrogens with two attached hydrogens (primary N) is 1. The standard InChI is InChI=1S/C19H11ClF3N5S/c20-16-5-4-14(29-16)13-7-15(19(21,22)23)28-17(27-13)11-3-1-2-10(6-11)12-8-25-18(24)26-9-12/h1-9H,(H2,24,25,26). The van der Waals surface area contributed by atoms with Gasteiger partial charge in [0.25, 0.3) is 0 Å². The molecule has 10 heteroatoms. The highest BCUT2D eigenvalue weighted by molar-refractivity contribution is 7.19. The van der Waals surface area contributed by atoms with Gasteiger partial charge in [0, 0.05) is 23.5 Å². The van der Waals surface area contributed by atoms with Gasteiger partial charge in [-0.15, -0.1) is 11.3 Å². The van der Waals surface area contributed by atoms with Crippen LogP contribution in [0.5, 0.6) is 0 Å². The Bertz CT molecular complexity index is 1180. The average molecular weight is 434 g/mol. The fourth-order valence-electron chi connectivity index (χ4n) is 2.62. The molecule has 0 radical (unpaired) electrons. The summed E-state index contributed by atoms with van der Waals surface area (Å²) in [6, 6.07) is 11.0. The zero-order chi connectivity index (χ0) is 20.6. The monoisotopic (exact) mass is 433 g/mol. The maximum Gasteiger partial charge on any atom is 0.433 e. The maximum absolute atomic E-state index is 13.4. The Morgan fingerprint density at radius 1 is 0.897 bits per heavy atom. The molecule has 0 amide bonds. The van der Waals surface area contributed by atoms with Crippen LogP contribution in [0.2, 0.25) is 4.34 Å². The molecule has 0 fully saturated rings. The van der Waals surface area contributed by atoms with Crippen molar-refractivity contribution in [2.24, 2.45) is 0 Å². The first-order valence-electron chi connectivity index (χ1n) is 8.20. The SMILES string of the molecule is Nc1ncc(-c2cccc(-c3nc(-c4ccc(Cl)s4)cc(C(F)(F)F)n3)c2)cn1. The van der Waals surface area contributed by atoms with Gasteiger partial charge in [0.05, 0.1) is 14.9 Å². The quantitative estimate of drug-likeness (QED) is 0.456. The lowest BCUT2D eigenvalue weighted by molar-refractivity contribution is -0.141. The Morgan fingerprint density at radius 2 is 1.62 bits per heavy atom. The molecular weight excluding hydrogens is 423 g/mol. The van der Waals surface area contributed by atoms with E-state index in [-0.39, 0.29) is 17.5 Å². The third-order valence-corrected chi connectivity index (χ3v) is 5.22. The van der Waals surface area contributed by atoms with Crippen molar-refractivity contribution in [1.29, 1.82) is 0 Å². The first-order valence-corrected chi connectivity index (χ1v) is 9.39. The van der Waals surface area contributed by atoms with Gasteiger partial charge in [-0.05, 0) is 29.8 Å². The summed E-state index contributed by atoms with van der Waals surface area (Å²) in [5.41, 5.74) is 6.42. The smallest absolute Gasteiger partial charge is 0.368 e. The molecule has 0 saturated carbocycles. The minimum atomic E-state index is -4.62. The van der Waals surface area contributed by atoms with Crippen LogP contribution in [0.3, 0.4) is 0 Å². The van der Waals surface area contributed by atoms with Crippen LogP contribution in [0.15, 0.2) is 54.9 Å². The molecule has 3 heterocycles. The van der Waals surface area contributed by atoms with Crippen molar-refractivity contribution in [2.75, 3.05) is 5.73 Å². The molecule has 146 valence electrons. The third kappa shape index (κ3) is 4.20. The van der Waals surface area contributed by atoms with Gasteiger partial charge in [0.2, 0.25) is 5.95 Å². The van der Waals surface area contributed by atoms with Crippen molar-refractivity contribution < 1.29 is 13.2 Å². The third-order valence-electron chi connectivity index (χ3n) is 3.97. The fourth-order valence-corrected chi connectivity index (χ4v) is 3.63. The van der Waals surface area contributed by atoms with Crippen LogP contribution in [0.4, 0.5) is 19.1 Å². The molecule has 4 rings (SSSR count). The number of anilines is 1. The summed E-state index contributed by atoms with van der Waals surface area (Å²) in [6.07, 6.45) is -1.54. The van der Waals surface area contributed by atoms with Crippen LogP contribution < -0.4 is 5.73 Å². The molecule has 0 aliphatic rings. The van der Waals surface area contributed by atoms with E-state index in [0.717, 1.165) is 17.4 Å². The summed E-state index contributed by atoms with van der Waals surface area (Å²) in [7, 11) is 0. The molecule has 1 aromatic carbocycles. The highest BCUT2D eigenvalue weighted by Gasteiger charge is 2.34. The Kier molecular flexibility index (Phi) is 4.93. The topological polar surface area (TPSA) is 77.6 Å². The highest BCUT2D eigenvalue weighted by Crippen LogP contribution is 2.36. The summed E-state index contributed by atoms with van der Waals surface area (Å²) in [5, 5.41) is 0. The van der Waals surface area contributed by atoms with E-state index in [1.54, 1.807) is 36.4 Å². The minimum Gasteiger partial charge on any atom is -0.368 e. The summed E-state index contributed by atoms with van der Waals surface area (Å²) < 4.78 is 40.7. The zero-order valence-corrected chi connectivity index (χ0v) is 16.1. The molecule has 0 atom stereocenters. The molecule has 3 aromatic heterocycles. The summed E-state index contributed by atoms with van der Waals surface area (Å²) >= 11 is 7.07. The second-order valence-electron chi connectivity index (χ2n) is 5.97. The number of alkyl halides is 3. The number of hydrogen-bond acceptors (Lipinski definition) is 6. The van der Waals surface area contributed by atoms with Gasteiger partial charge in [0.1, 0.15) is 5.69 Å². The van der Waals surface area contributed by atoms with E-state index < -0.39 is 11.9 Å². The van der Waals surface area contributed by atoms with E-state index in [4.69, 9.17) is 17.3 Å². The van der Waals surface area contributed by atoms with Gasteiger partial charge < -0.3 is 5.73 Å². The average Bonchev–Trinajstić information content (AvgIpc) is 3.14. The Hall–Kier alpha value is -3.04. The number of nitrogen functional groups attached to an aromatic ring is 1. The number of rotatable bonds is 3. The molecule has 29 heavy (non-hydrogen) atoms. The van der Waals surface area contributed by atoms with E-state index in [2.05, 4.69) is 19.9 Å². The molecule has 0 saturated heterocycles. The van der Waals surface area contributed by atoms with Crippen LogP contribution in [0.25, 0.3) is 33.1 Å². The molecule has 0 bridgehead atoms. The van der Waals surface area contributed by atoms with Crippen molar-refractivity contribution in [1.82, 2.24) is 19.9 Å². The number of nitrogens with zero attached hydrogens (tertiary/aromatic N) is 4. The Balaban J connectivity index is 1.84. The maximum atomic E-state index is 13.4. The van der Waals surface area contributed by atoms with Crippen LogP contribution in [-0.4, -0.2) is 19.9 Å². The molecule has 5 nitrogen and oxygen atoms in total. The Morgan fingerprint density at radius 3 is 2.28 bits per heavy atom. The predicted molar refractivity (Wildman–Crippen MR) is 106 cm³/mol. The summed E-state index contributed by atoms with van der Waals surface area (Å²) in [5.74, 6) is 0.0860. The van der Waals surface area contributed by atoms with E-state index >= 15 is 0 Å². The number of hydrogen-bond donors (Lipinski definition) is 1. The van der Waals surface area contributed by atoms with Crippen LogP contribution in [-0.2, 0) is 6.18 Å². The first-order chi connectivity index (χ1) is 13.8. The Labute approximate surface area is 172 Å². The normalized spacial score (nSPS) is 11.6. The zero-order valence-electron chi connectivity index (χ0n) is 14.5. The minimum absolute atomic E-state index is 0.0439. The van der Waals surface area contributed by atoms with Crippen LogP contribution in [0, 0.1) is 0 Å². The van der Waals surface area contributed by atoms with Crippen molar-refractivity contribution in [3.05, 3.63) is 64.9 Å². The van der Waals surface area contributed by atoms with Crippen molar-refractivity contribution in [3.8, 4) is 33.1 Å². The van der Waals surface area contributed by atoms with Gasteiger partial charge in [-0.25, -0.2) is 19.9 Å². The molecule has 0 aliphatic carbocycles. The largest absolute Gasteiger partial charge is 0.433 e. The molecular formula is C19H11ClF3N5S. The highest BCUT2D eigenvalue weighted by atomic mass is 35.5. The lowest BCUT2D eigenvalue weighted by Gasteiger charge is -2.11. The second kappa shape index (κ2) is 7.41. The van der Waals surface area contributed by atoms with Crippen molar-refractivity contribution in [3.63, 3.8) is 0 Å². The van der Waals surface area contributed by atoms with E-state index in [1.807, 2.05) is 0 Å². The van der Waals surface area contributed by atoms with Crippen LogP contribution >= 0.6 is 22.9 Å². The van der Waals surface area contributed by atoms with E-state index in [0.29, 0.717) is 25.9 Å². The lowest BCUT2D eigenvalue weighted by Crippen LogP contribution is -2.10. The number of thiophene rings is 1. The molecule has 2 N–H and O–H groups in total. The molecule has 0 aliphatic heterocycles. The first kappa shape index (κ1) is 19.3. The van der Waals surface area contributed by atoms with E-state index in [9.17, 15) is 13.2 Å². The molecule has 4 aromatic rings. The van der Waals surface area contributed by atoms with Gasteiger partial charge in [-0.3, -0.25) is 0 Å². The van der Waals surface area contributed by atoms with Gasteiger partial charge in [0.15, 0.2) is 5.82 Å². The van der Waals surface area contributed by atoms with E-state index in [1.165, 1.54) is 12.4 Å². The summed E-state index contributed by atoms with van der Waals surface area (Å²) in [4.78, 5) is 16.5. The van der Waals surface area contributed by atoms with Gasteiger partial charge in [-0.2, -0.15) is 13.2 Å². The number of halogens is 4. The number of benzene rings is 1. The lowest BCUT2D eigenvalue weighted by atomic mass is 10.1. The fraction of sp³-hybridized carbons (Fsp3) is 0.0526.